The highest BCUT2D eigenvalue weighted by Gasteiger charge is 2.26. The SMILES string of the molecule is CCN1Cc2c(c(OC(C)C)nn2C[C@H](C)O)/C=C/c2cnc3cnc(cn23)-c2c(COC)nn(C)c2O[C@@H](C)C1. The number of methoxy groups -OCH3 is 1. The number of rotatable bonds is 7. The molecule has 12 nitrogen and oxygen atoms in total. The Morgan fingerprint density at radius 2 is 1.95 bits per heavy atom. The number of likely N-dealkylation sites (N-methyl/N-ethyl adjacent to an activating group) is 1. The fourth-order valence-corrected chi connectivity index (χ4v) is 5.16. The van der Waals surface area contributed by atoms with Gasteiger partial charge in [-0.25, -0.2) is 9.67 Å². The monoisotopic (exact) mass is 564 g/mol. The van der Waals surface area contributed by atoms with Crippen molar-refractivity contribution in [2.75, 3.05) is 20.2 Å². The van der Waals surface area contributed by atoms with Crippen molar-refractivity contribution in [3.05, 3.63) is 41.2 Å². The average molecular weight is 565 g/mol. The van der Waals surface area contributed by atoms with E-state index in [0.29, 0.717) is 49.3 Å². The summed E-state index contributed by atoms with van der Waals surface area (Å²) < 4.78 is 23.8. The summed E-state index contributed by atoms with van der Waals surface area (Å²) in [5.41, 5.74) is 5.67. The Bertz CT molecular complexity index is 1530. The third-order valence-corrected chi connectivity index (χ3v) is 6.95. The Morgan fingerprint density at radius 3 is 2.66 bits per heavy atom. The van der Waals surface area contributed by atoms with Gasteiger partial charge in [-0.2, -0.15) is 5.10 Å². The molecule has 0 fully saturated rings. The largest absolute Gasteiger partial charge is 0.473 e. The predicted octanol–water partition coefficient (Wildman–Crippen LogP) is 3.41. The molecule has 0 aromatic carbocycles. The first kappa shape index (κ1) is 28.8. The standard InChI is InChI=1S/C29H40N8O4/c1-8-35-14-20(5)41-29-27(24(17-39-7)32-34(29)6)23-15-36-21(11-31-26(36)12-30-23)9-10-22-25(16-35)37(13-19(4)38)33-28(22)40-18(2)3/h9-12,15,18-20,38H,8,13-14,16-17H2,1-7H3/b10-9+/t19-,20-/m0/s1. The molecule has 1 aliphatic rings. The predicted molar refractivity (Wildman–Crippen MR) is 156 cm³/mol. The molecule has 41 heavy (non-hydrogen) atoms. The fourth-order valence-electron chi connectivity index (χ4n) is 5.16. The number of aromatic nitrogens is 7. The fraction of sp³-hybridized carbons (Fsp3) is 0.517. The Morgan fingerprint density at radius 1 is 1.15 bits per heavy atom. The summed E-state index contributed by atoms with van der Waals surface area (Å²) in [6.07, 6.45) is 8.76. The van der Waals surface area contributed by atoms with Crippen LogP contribution < -0.4 is 9.47 Å². The minimum Gasteiger partial charge on any atom is -0.473 e. The van der Waals surface area contributed by atoms with Gasteiger partial charge in [-0.1, -0.05) is 6.92 Å². The molecule has 5 rings (SSSR count). The summed E-state index contributed by atoms with van der Waals surface area (Å²) in [4.78, 5) is 11.6. The number of hydrogen-bond donors (Lipinski definition) is 1. The first-order valence-corrected chi connectivity index (χ1v) is 14.1. The van der Waals surface area contributed by atoms with E-state index in [1.54, 1.807) is 24.9 Å². The molecule has 4 aromatic heterocycles. The molecule has 1 N–H and O–H groups in total. The molecule has 0 radical (unpaired) electrons. The normalized spacial score (nSPS) is 17.6. The van der Waals surface area contributed by atoms with Gasteiger partial charge in [-0.05, 0) is 46.4 Å². The highest BCUT2D eigenvalue weighted by atomic mass is 16.5. The maximum absolute atomic E-state index is 10.3. The first-order chi connectivity index (χ1) is 19.7. The Balaban J connectivity index is 1.72. The lowest BCUT2D eigenvalue weighted by Crippen LogP contribution is -2.35. The van der Waals surface area contributed by atoms with Gasteiger partial charge in [-0.3, -0.25) is 19.0 Å². The van der Waals surface area contributed by atoms with Crippen molar-refractivity contribution in [3.63, 3.8) is 0 Å². The molecule has 12 heteroatoms. The van der Waals surface area contributed by atoms with Gasteiger partial charge in [0, 0.05) is 33.4 Å². The van der Waals surface area contributed by atoms with E-state index in [9.17, 15) is 5.11 Å². The van der Waals surface area contributed by atoms with Crippen molar-refractivity contribution in [2.24, 2.45) is 7.05 Å². The summed E-state index contributed by atoms with van der Waals surface area (Å²) >= 11 is 0. The van der Waals surface area contributed by atoms with Gasteiger partial charge in [0.2, 0.25) is 11.8 Å². The summed E-state index contributed by atoms with van der Waals surface area (Å²) in [5.74, 6) is 1.17. The topological polar surface area (TPSA) is 117 Å². The molecule has 0 saturated heterocycles. The second-order valence-electron chi connectivity index (χ2n) is 10.8. The van der Waals surface area contributed by atoms with Gasteiger partial charge in [0.1, 0.15) is 11.8 Å². The number of imidazole rings is 1. The van der Waals surface area contributed by atoms with Gasteiger partial charge in [0.05, 0.1) is 66.0 Å². The van der Waals surface area contributed by atoms with Crippen LogP contribution >= 0.6 is 0 Å². The average Bonchev–Trinajstić information content (AvgIpc) is 3.54. The summed E-state index contributed by atoms with van der Waals surface area (Å²) in [5, 5.41) is 19.8. The van der Waals surface area contributed by atoms with Crippen LogP contribution in [0.25, 0.3) is 29.1 Å². The van der Waals surface area contributed by atoms with E-state index in [2.05, 4.69) is 23.7 Å². The third kappa shape index (κ3) is 5.99. The second kappa shape index (κ2) is 12.0. The molecular weight excluding hydrogens is 524 g/mol. The Labute approximate surface area is 240 Å². The van der Waals surface area contributed by atoms with Gasteiger partial charge in [-0.15, -0.1) is 5.10 Å². The third-order valence-electron chi connectivity index (χ3n) is 6.95. The highest BCUT2D eigenvalue weighted by molar-refractivity contribution is 5.74. The van der Waals surface area contributed by atoms with Crippen molar-refractivity contribution in [2.45, 2.75) is 72.6 Å². The molecule has 2 bridgehead atoms. The lowest BCUT2D eigenvalue weighted by Gasteiger charge is -2.26. The smallest absolute Gasteiger partial charge is 0.240 e. The van der Waals surface area contributed by atoms with E-state index in [1.165, 1.54) is 0 Å². The molecule has 0 spiro atoms. The van der Waals surface area contributed by atoms with Crippen LogP contribution in [0.4, 0.5) is 0 Å². The van der Waals surface area contributed by atoms with Gasteiger partial charge >= 0.3 is 0 Å². The van der Waals surface area contributed by atoms with Gasteiger partial charge in [0.15, 0.2) is 5.65 Å². The molecule has 0 amide bonds. The molecule has 5 heterocycles. The molecule has 1 aliphatic heterocycles. The molecule has 220 valence electrons. The van der Waals surface area contributed by atoms with Crippen molar-refractivity contribution < 1.29 is 19.3 Å². The van der Waals surface area contributed by atoms with E-state index < -0.39 is 6.10 Å². The second-order valence-corrected chi connectivity index (χ2v) is 10.8. The van der Waals surface area contributed by atoms with Crippen molar-refractivity contribution in [1.82, 2.24) is 38.8 Å². The molecular formula is C29H40N8O4. The van der Waals surface area contributed by atoms with Crippen LogP contribution in [-0.2, 0) is 31.5 Å². The minimum absolute atomic E-state index is 0.0625. The van der Waals surface area contributed by atoms with Gasteiger partial charge < -0.3 is 19.3 Å². The maximum Gasteiger partial charge on any atom is 0.240 e. The maximum atomic E-state index is 10.3. The zero-order valence-electron chi connectivity index (χ0n) is 24.9. The van der Waals surface area contributed by atoms with Crippen molar-refractivity contribution >= 4 is 17.8 Å². The number of hydrogen-bond acceptors (Lipinski definition) is 9. The zero-order chi connectivity index (χ0) is 29.3. The number of nitrogens with zero attached hydrogens (tertiary/aromatic N) is 8. The zero-order valence-corrected chi connectivity index (χ0v) is 24.9. The van der Waals surface area contributed by atoms with Crippen LogP contribution in [0.3, 0.4) is 0 Å². The summed E-state index contributed by atoms with van der Waals surface area (Å²) in [6.45, 7) is 12.6. The lowest BCUT2D eigenvalue weighted by molar-refractivity contribution is 0.131. The number of aliphatic hydroxyl groups is 1. The quantitative estimate of drug-likeness (QED) is 0.360. The molecule has 0 saturated carbocycles. The van der Waals surface area contributed by atoms with Crippen LogP contribution in [0.2, 0.25) is 0 Å². The number of aryl methyl sites for hydroxylation is 1. The molecule has 0 unspecified atom stereocenters. The molecule has 2 atom stereocenters. The molecule has 4 aromatic rings. The summed E-state index contributed by atoms with van der Waals surface area (Å²) in [6, 6.07) is 0. The van der Waals surface area contributed by atoms with Crippen LogP contribution in [0.1, 0.15) is 57.3 Å². The van der Waals surface area contributed by atoms with Crippen LogP contribution in [0.15, 0.2) is 18.6 Å². The number of aliphatic hydroxyl groups excluding tert-OH is 1. The van der Waals surface area contributed by atoms with Crippen molar-refractivity contribution in [1.29, 1.82) is 0 Å². The first-order valence-electron chi connectivity index (χ1n) is 14.1. The van der Waals surface area contributed by atoms with Crippen LogP contribution in [-0.4, -0.2) is 82.4 Å². The lowest BCUT2D eigenvalue weighted by atomic mass is 10.1. The van der Waals surface area contributed by atoms with Crippen LogP contribution in [0, 0.1) is 0 Å². The van der Waals surface area contributed by atoms with E-state index in [4.69, 9.17) is 29.4 Å². The molecule has 0 aliphatic carbocycles. The van der Waals surface area contributed by atoms with E-state index in [1.807, 2.05) is 54.5 Å². The minimum atomic E-state index is -0.571. The Kier molecular flexibility index (Phi) is 8.43. The summed E-state index contributed by atoms with van der Waals surface area (Å²) in [7, 11) is 3.52. The van der Waals surface area contributed by atoms with Gasteiger partial charge in [0.25, 0.3) is 0 Å². The Hall–Kier alpha value is -3.74. The number of ether oxygens (including phenoxy) is 3. The van der Waals surface area contributed by atoms with E-state index in [-0.39, 0.29) is 12.2 Å². The van der Waals surface area contributed by atoms with E-state index in [0.717, 1.165) is 34.8 Å². The van der Waals surface area contributed by atoms with E-state index >= 15 is 0 Å². The number of fused-ring (bicyclic) bond motifs is 4. The van der Waals surface area contributed by atoms with Crippen molar-refractivity contribution in [3.8, 4) is 23.0 Å². The highest BCUT2D eigenvalue weighted by Crippen LogP contribution is 2.34. The van der Waals surface area contributed by atoms with Crippen LogP contribution in [0.5, 0.6) is 11.8 Å².